The van der Waals surface area contributed by atoms with Gasteiger partial charge in [0.25, 0.3) is 0 Å². The molecule has 1 atom stereocenters. The summed E-state index contributed by atoms with van der Waals surface area (Å²) in [5, 5.41) is 9.62. The molecular weight excluding hydrogens is 461 g/mol. The van der Waals surface area contributed by atoms with Crippen LogP contribution in [0.25, 0.3) is 0 Å². The van der Waals surface area contributed by atoms with E-state index in [2.05, 4.69) is 0 Å². The zero-order chi connectivity index (χ0) is 21.3. The number of carboxylic acid groups (broad SMARTS) is 1. The fourth-order valence-electron chi connectivity index (χ4n) is 3.48. The van der Waals surface area contributed by atoms with Gasteiger partial charge in [-0.3, -0.25) is 0 Å². The highest BCUT2D eigenvalue weighted by Crippen LogP contribution is 2.42. The van der Waals surface area contributed by atoms with E-state index in [9.17, 15) is 13.2 Å². The Balaban J connectivity index is 2.02. The molecule has 0 bridgehead atoms. The van der Waals surface area contributed by atoms with Gasteiger partial charge in [-0.1, -0.05) is 34.8 Å². The van der Waals surface area contributed by atoms with E-state index in [4.69, 9.17) is 44.6 Å². The molecule has 2 aromatic carbocycles. The molecule has 0 saturated heterocycles. The second-order valence-corrected chi connectivity index (χ2v) is 9.90. The molecule has 0 radical (unpaired) electrons. The van der Waals surface area contributed by atoms with Crippen LogP contribution in [0.1, 0.15) is 30.0 Å². The van der Waals surface area contributed by atoms with Gasteiger partial charge in [0.05, 0.1) is 11.1 Å². The summed E-state index contributed by atoms with van der Waals surface area (Å²) in [4.78, 5) is 10.8. The number of sulfonamides is 1. The molecule has 2 aromatic rings. The number of nitrogens with zero attached hydrogens (tertiary/aromatic N) is 1. The third kappa shape index (κ3) is 4.64. The normalized spacial score (nSPS) is 16.5. The lowest BCUT2D eigenvalue weighted by Gasteiger charge is -2.33. The molecule has 6 nitrogen and oxygen atoms in total. The van der Waals surface area contributed by atoms with E-state index in [1.807, 2.05) is 0 Å². The number of rotatable bonds is 6. The van der Waals surface area contributed by atoms with Crippen molar-refractivity contribution in [3.63, 3.8) is 0 Å². The van der Waals surface area contributed by atoms with Crippen LogP contribution in [0.3, 0.4) is 0 Å². The highest BCUT2D eigenvalue weighted by molar-refractivity contribution is 7.89. The van der Waals surface area contributed by atoms with E-state index in [0.29, 0.717) is 40.6 Å². The molecule has 1 aliphatic carbocycles. The minimum atomic E-state index is -3.92. The lowest BCUT2D eigenvalue weighted by Crippen LogP contribution is -2.33. The van der Waals surface area contributed by atoms with Crippen molar-refractivity contribution < 1.29 is 23.1 Å². The molecule has 10 heteroatoms. The minimum Gasteiger partial charge on any atom is -0.482 e. The Bertz CT molecular complexity index is 1060. The third-order valence-electron chi connectivity index (χ3n) is 4.81. The maximum Gasteiger partial charge on any atom is 0.341 e. The van der Waals surface area contributed by atoms with Gasteiger partial charge in [-0.2, -0.15) is 4.31 Å². The van der Waals surface area contributed by atoms with Crippen molar-refractivity contribution >= 4 is 50.8 Å². The van der Waals surface area contributed by atoms with Crippen molar-refractivity contribution in [3.05, 3.63) is 56.5 Å². The molecule has 0 heterocycles. The third-order valence-corrected chi connectivity index (χ3v) is 7.62. The van der Waals surface area contributed by atoms with Crippen LogP contribution in [0, 0.1) is 0 Å². The first-order chi connectivity index (χ1) is 13.6. The van der Waals surface area contributed by atoms with Crippen molar-refractivity contribution in [1.82, 2.24) is 4.31 Å². The Morgan fingerprint density at radius 1 is 1.21 bits per heavy atom. The van der Waals surface area contributed by atoms with Crippen LogP contribution in [-0.2, 0) is 21.2 Å². The molecule has 0 aliphatic heterocycles. The number of halogens is 3. The summed E-state index contributed by atoms with van der Waals surface area (Å²) in [6.07, 6.45) is 1.91. The number of benzene rings is 2. The van der Waals surface area contributed by atoms with E-state index in [0.717, 1.165) is 5.56 Å². The van der Waals surface area contributed by atoms with Crippen LogP contribution in [0.5, 0.6) is 5.75 Å². The zero-order valence-corrected chi connectivity index (χ0v) is 18.4. The van der Waals surface area contributed by atoms with Crippen LogP contribution in [-0.4, -0.2) is 37.5 Å². The van der Waals surface area contributed by atoms with Crippen molar-refractivity contribution in [1.29, 1.82) is 0 Å². The molecule has 0 aromatic heterocycles. The first-order valence-electron chi connectivity index (χ1n) is 8.71. The van der Waals surface area contributed by atoms with Gasteiger partial charge in [0.1, 0.15) is 10.6 Å². The SMILES string of the molecule is CN(C1CCCc2c(OCC(=O)O)cc(Cl)cc21)S(=O)(=O)c1ccc(Cl)cc1Cl. The zero-order valence-electron chi connectivity index (χ0n) is 15.4. The second-order valence-electron chi connectivity index (χ2n) is 6.66. The summed E-state index contributed by atoms with van der Waals surface area (Å²) >= 11 is 18.2. The molecule has 156 valence electrons. The summed E-state index contributed by atoms with van der Waals surface area (Å²) in [6.45, 7) is -0.508. The predicted octanol–water partition coefficient (Wildman–Crippen LogP) is 4.81. The Hall–Kier alpha value is -1.51. The number of hydrogen-bond donors (Lipinski definition) is 1. The van der Waals surface area contributed by atoms with Crippen molar-refractivity contribution in [2.45, 2.75) is 30.2 Å². The molecular formula is C19H18Cl3NO5S. The smallest absolute Gasteiger partial charge is 0.341 e. The van der Waals surface area contributed by atoms with Gasteiger partial charge in [0.15, 0.2) is 6.61 Å². The van der Waals surface area contributed by atoms with E-state index < -0.39 is 28.6 Å². The average molecular weight is 479 g/mol. The van der Waals surface area contributed by atoms with Crippen molar-refractivity contribution in [3.8, 4) is 5.75 Å². The van der Waals surface area contributed by atoms with Gasteiger partial charge < -0.3 is 9.84 Å². The molecule has 0 fully saturated rings. The first-order valence-corrected chi connectivity index (χ1v) is 11.3. The topological polar surface area (TPSA) is 83.9 Å². The number of hydrogen-bond acceptors (Lipinski definition) is 4. The predicted molar refractivity (Wildman–Crippen MR) is 112 cm³/mol. The van der Waals surface area contributed by atoms with E-state index in [-0.39, 0.29) is 9.92 Å². The van der Waals surface area contributed by atoms with Crippen LogP contribution in [0.2, 0.25) is 15.1 Å². The minimum absolute atomic E-state index is 0.0388. The number of fused-ring (bicyclic) bond motifs is 1. The summed E-state index contributed by atoms with van der Waals surface area (Å²) in [7, 11) is -2.43. The molecule has 1 N–H and O–H groups in total. The van der Waals surface area contributed by atoms with Crippen molar-refractivity contribution in [2.24, 2.45) is 0 Å². The van der Waals surface area contributed by atoms with Crippen LogP contribution < -0.4 is 4.74 Å². The lowest BCUT2D eigenvalue weighted by atomic mass is 9.87. The lowest BCUT2D eigenvalue weighted by molar-refractivity contribution is -0.139. The summed E-state index contributed by atoms with van der Waals surface area (Å²) < 4.78 is 33.1. The van der Waals surface area contributed by atoms with Crippen LogP contribution in [0.15, 0.2) is 35.2 Å². The first kappa shape index (κ1) is 22.2. The van der Waals surface area contributed by atoms with Gasteiger partial charge in [0.2, 0.25) is 10.0 Å². The van der Waals surface area contributed by atoms with Gasteiger partial charge in [0, 0.05) is 17.1 Å². The summed E-state index contributed by atoms with van der Waals surface area (Å²) in [6, 6.07) is 6.98. The van der Waals surface area contributed by atoms with E-state index in [1.54, 1.807) is 12.1 Å². The number of carbonyl (C=O) groups is 1. The van der Waals surface area contributed by atoms with Gasteiger partial charge in [-0.15, -0.1) is 0 Å². The monoisotopic (exact) mass is 477 g/mol. The number of ether oxygens (including phenoxy) is 1. The highest BCUT2D eigenvalue weighted by Gasteiger charge is 2.34. The highest BCUT2D eigenvalue weighted by atomic mass is 35.5. The van der Waals surface area contributed by atoms with Gasteiger partial charge in [-0.05, 0) is 60.7 Å². The molecule has 0 amide bonds. The summed E-state index contributed by atoms with van der Waals surface area (Å²) in [5.41, 5.74) is 1.46. The second kappa shape index (κ2) is 8.70. The maximum absolute atomic E-state index is 13.2. The van der Waals surface area contributed by atoms with E-state index in [1.165, 1.54) is 29.6 Å². The Kier molecular flexibility index (Phi) is 6.65. The maximum atomic E-state index is 13.2. The molecule has 0 saturated carbocycles. The fourth-order valence-corrected chi connectivity index (χ4v) is 5.80. The molecule has 3 rings (SSSR count). The van der Waals surface area contributed by atoms with Crippen LogP contribution in [0.4, 0.5) is 0 Å². The fraction of sp³-hybridized carbons (Fsp3) is 0.316. The molecule has 0 spiro atoms. The standard InChI is InChI=1S/C19H18Cl3NO5S/c1-23(29(26,27)18-6-5-11(20)8-15(18)22)16-4-2-3-13-14(16)7-12(21)9-17(13)28-10-19(24)25/h5-9,16H,2-4,10H2,1H3,(H,24,25). The van der Waals surface area contributed by atoms with Gasteiger partial charge >= 0.3 is 5.97 Å². The molecule has 1 aliphatic rings. The van der Waals surface area contributed by atoms with Crippen molar-refractivity contribution in [2.75, 3.05) is 13.7 Å². The quantitative estimate of drug-likeness (QED) is 0.644. The average Bonchev–Trinajstić information content (AvgIpc) is 2.64. The molecule has 1 unspecified atom stereocenters. The van der Waals surface area contributed by atoms with Gasteiger partial charge in [-0.25, -0.2) is 13.2 Å². The summed E-state index contributed by atoms with van der Waals surface area (Å²) in [5.74, 6) is -0.752. The number of carboxylic acids is 1. The van der Waals surface area contributed by atoms with Crippen LogP contribution >= 0.6 is 34.8 Å². The Morgan fingerprint density at radius 3 is 2.59 bits per heavy atom. The largest absolute Gasteiger partial charge is 0.482 e. The Morgan fingerprint density at radius 2 is 1.93 bits per heavy atom. The Labute approximate surface area is 184 Å². The van der Waals surface area contributed by atoms with E-state index >= 15 is 0 Å². The molecule has 29 heavy (non-hydrogen) atoms. The number of aliphatic carboxylic acids is 1.